The maximum atomic E-state index is 15.0. The van der Waals surface area contributed by atoms with E-state index >= 15 is 0 Å². The number of benzene rings is 1. The molecule has 2 fully saturated rings. The summed E-state index contributed by atoms with van der Waals surface area (Å²) in [4.78, 5) is 38.1. The van der Waals surface area contributed by atoms with Gasteiger partial charge in [0.1, 0.15) is 0 Å². The Labute approximate surface area is 261 Å². The first kappa shape index (κ1) is 29.5. The number of primary amides is 1. The molecule has 7 rings (SSSR count). The number of nitrogens with two attached hydrogens (primary N) is 1. The summed E-state index contributed by atoms with van der Waals surface area (Å²) in [5.41, 5.74) is 8.68. The average Bonchev–Trinajstić information content (AvgIpc) is 3.75. The maximum absolute atomic E-state index is 15.0. The highest BCUT2D eigenvalue weighted by atomic mass is 35.5. The summed E-state index contributed by atoms with van der Waals surface area (Å²) in [5, 5.41) is 5.55. The van der Waals surface area contributed by atoms with Crippen LogP contribution in [0.2, 0.25) is 5.02 Å². The van der Waals surface area contributed by atoms with Crippen LogP contribution in [0.25, 0.3) is 22.2 Å². The molecule has 0 unspecified atom stereocenters. The summed E-state index contributed by atoms with van der Waals surface area (Å²) in [6.07, 6.45) is 1.49. The van der Waals surface area contributed by atoms with Gasteiger partial charge in [0.25, 0.3) is 5.91 Å². The molecule has 1 saturated heterocycles. The minimum atomic E-state index is -4.13. The SMILES string of the molecule is NC(=O)c1c(CC2CC2)nc2c(cnn2CCN2CCOCC2)c1-c1ccc2c(c1)OC(F)(F)C(=O)N2Cc1ccc(Cl)cn1. The monoisotopic (exact) mass is 637 g/mol. The largest absolute Gasteiger partial charge is 0.482 e. The molecule has 1 aromatic carbocycles. The Bertz CT molecular complexity index is 1790. The van der Waals surface area contributed by atoms with E-state index in [-0.39, 0.29) is 23.5 Å². The Morgan fingerprint density at radius 3 is 2.62 bits per heavy atom. The number of amides is 2. The van der Waals surface area contributed by atoms with Gasteiger partial charge in [-0.2, -0.15) is 13.9 Å². The molecule has 3 aliphatic rings. The fourth-order valence-corrected chi connectivity index (χ4v) is 6.02. The van der Waals surface area contributed by atoms with Crippen molar-refractivity contribution in [3.63, 3.8) is 0 Å². The molecule has 2 aliphatic heterocycles. The van der Waals surface area contributed by atoms with Crippen LogP contribution in [0.4, 0.5) is 14.5 Å². The molecule has 2 N–H and O–H groups in total. The third-order valence-corrected chi connectivity index (χ3v) is 8.62. The molecule has 0 atom stereocenters. The Hall–Kier alpha value is -4.20. The molecular weight excluding hydrogens is 608 g/mol. The van der Waals surface area contributed by atoms with Gasteiger partial charge in [-0.25, -0.2) is 9.67 Å². The topological polar surface area (TPSA) is 129 Å². The van der Waals surface area contributed by atoms with Gasteiger partial charge in [-0.05, 0) is 55.0 Å². The number of pyridine rings is 2. The van der Waals surface area contributed by atoms with Crippen LogP contribution >= 0.6 is 11.6 Å². The number of hydrogen-bond acceptors (Lipinski definition) is 8. The number of alkyl halides is 2. The van der Waals surface area contributed by atoms with Crippen LogP contribution in [0.3, 0.4) is 0 Å². The summed E-state index contributed by atoms with van der Waals surface area (Å²) < 4.78 is 42.2. The van der Waals surface area contributed by atoms with Crippen molar-refractivity contribution in [1.29, 1.82) is 0 Å². The van der Waals surface area contributed by atoms with Gasteiger partial charge in [0.2, 0.25) is 0 Å². The Balaban J connectivity index is 1.32. The second-order valence-electron chi connectivity index (χ2n) is 11.5. The van der Waals surface area contributed by atoms with Gasteiger partial charge in [0.15, 0.2) is 11.4 Å². The lowest BCUT2D eigenvalue weighted by atomic mass is 9.93. The zero-order valence-electron chi connectivity index (χ0n) is 24.2. The minimum absolute atomic E-state index is 0.136. The number of anilines is 1. The minimum Gasteiger partial charge on any atom is -0.423 e. The fraction of sp³-hybridized carbons (Fsp3) is 0.387. The lowest BCUT2D eigenvalue weighted by Crippen LogP contribution is -2.50. The summed E-state index contributed by atoms with van der Waals surface area (Å²) in [7, 11) is 0. The number of morpholine rings is 1. The van der Waals surface area contributed by atoms with Crippen molar-refractivity contribution in [2.24, 2.45) is 11.7 Å². The summed E-state index contributed by atoms with van der Waals surface area (Å²) in [6, 6.07) is 7.72. The molecule has 0 spiro atoms. The van der Waals surface area contributed by atoms with Gasteiger partial charge in [0, 0.05) is 36.8 Å². The van der Waals surface area contributed by atoms with E-state index in [0.717, 1.165) is 37.4 Å². The van der Waals surface area contributed by atoms with Crippen LogP contribution in [0.15, 0.2) is 42.7 Å². The van der Waals surface area contributed by atoms with E-state index in [2.05, 4.69) is 15.0 Å². The van der Waals surface area contributed by atoms with E-state index in [0.29, 0.717) is 70.7 Å². The van der Waals surface area contributed by atoms with E-state index < -0.39 is 17.9 Å². The zero-order chi connectivity index (χ0) is 31.3. The third kappa shape index (κ3) is 5.83. The molecule has 1 aliphatic carbocycles. The number of hydrogen-bond donors (Lipinski definition) is 1. The van der Waals surface area contributed by atoms with Gasteiger partial charge in [-0.1, -0.05) is 17.7 Å². The summed E-state index contributed by atoms with van der Waals surface area (Å²) in [5.74, 6) is -2.03. The van der Waals surface area contributed by atoms with Gasteiger partial charge in [-0.15, -0.1) is 0 Å². The maximum Gasteiger partial charge on any atom is 0.482 e. The summed E-state index contributed by atoms with van der Waals surface area (Å²) in [6.45, 7) is 4.07. The van der Waals surface area contributed by atoms with Crippen molar-refractivity contribution < 1.29 is 27.8 Å². The van der Waals surface area contributed by atoms with Crippen molar-refractivity contribution in [3.8, 4) is 16.9 Å². The van der Waals surface area contributed by atoms with Crippen molar-refractivity contribution in [3.05, 3.63) is 64.7 Å². The van der Waals surface area contributed by atoms with E-state index in [4.69, 9.17) is 31.8 Å². The molecular formula is C31H30ClF2N7O4. The van der Waals surface area contributed by atoms with Crippen molar-refractivity contribution in [1.82, 2.24) is 24.6 Å². The fourth-order valence-electron chi connectivity index (χ4n) is 5.91. The number of carbonyl (C=O) groups is 2. The normalized spacial score (nSPS) is 18.2. The van der Waals surface area contributed by atoms with Crippen molar-refractivity contribution in [2.45, 2.75) is 38.5 Å². The highest BCUT2D eigenvalue weighted by molar-refractivity contribution is 6.30. The van der Waals surface area contributed by atoms with Gasteiger partial charge < -0.3 is 15.2 Å². The van der Waals surface area contributed by atoms with E-state index in [1.165, 1.54) is 18.3 Å². The lowest BCUT2D eigenvalue weighted by molar-refractivity contribution is -0.193. The first-order valence-electron chi connectivity index (χ1n) is 14.8. The van der Waals surface area contributed by atoms with E-state index in [9.17, 15) is 18.4 Å². The standard InChI is InChI=1S/C31H30ClF2N7O4/c32-20-4-5-21(36-15-20)17-40-24-6-3-19(14-25(24)45-31(33,34)30(40)43)26-22-16-37-41(8-7-39-9-11-44-12-10-39)29(22)38-23(13-18-1-2-18)27(26)28(35)42/h3-6,14-16,18H,1-2,7-13,17H2,(H2,35,42). The van der Waals surface area contributed by atoms with Crippen LogP contribution in [0.5, 0.6) is 5.75 Å². The second-order valence-corrected chi connectivity index (χ2v) is 12.0. The first-order chi connectivity index (χ1) is 21.7. The number of carbonyl (C=O) groups excluding carboxylic acids is 2. The van der Waals surface area contributed by atoms with Gasteiger partial charge >= 0.3 is 12.0 Å². The Morgan fingerprint density at radius 2 is 1.91 bits per heavy atom. The Morgan fingerprint density at radius 1 is 1.11 bits per heavy atom. The van der Waals surface area contributed by atoms with Gasteiger partial charge in [-0.3, -0.25) is 24.4 Å². The second kappa shape index (κ2) is 11.6. The highest BCUT2D eigenvalue weighted by Gasteiger charge is 2.50. The molecule has 234 valence electrons. The number of aromatic nitrogens is 4. The van der Waals surface area contributed by atoms with Crippen LogP contribution in [0.1, 0.15) is 34.6 Å². The highest BCUT2D eigenvalue weighted by Crippen LogP contribution is 2.44. The molecule has 14 heteroatoms. The van der Waals surface area contributed by atoms with Crippen LogP contribution in [0, 0.1) is 5.92 Å². The lowest BCUT2D eigenvalue weighted by Gasteiger charge is -2.33. The molecule has 3 aromatic heterocycles. The van der Waals surface area contributed by atoms with Crippen LogP contribution in [-0.4, -0.2) is 75.4 Å². The summed E-state index contributed by atoms with van der Waals surface area (Å²) >= 11 is 5.93. The predicted octanol–water partition coefficient (Wildman–Crippen LogP) is 4.05. The number of fused-ring (bicyclic) bond motifs is 2. The molecule has 5 heterocycles. The van der Waals surface area contributed by atoms with Crippen LogP contribution in [-0.2, 0) is 29.0 Å². The smallest absolute Gasteiger partial charge is 0.423 e. The first-order valence-corrected chi connectivity index (χ1v) is 15.2. The molecule has 2 amide bonds. The number of halogens is 3. The molecule has 0 bridgehead atoms. The average molecular weight is 638 g/mol. The van der Waals surface area contributed by atoms with E-state index in [1.54, 1.807) is 29.1 Å². The molecule has 1 saturated carbocycles. The van der Waals surface area contributed by atoms with Crippen LogP contribution < -0.4 is 15.4 Å². The zero-order valence-corrected chi connectivity index (χ0v) is 25.0. The molecule has 0 radical (unpaired) electrons. The van der Waals surface area contributed by atoms with Crippen molar-refractivity contribution in [2.75, 3.05) is 37.7 Å². The predicted molar refractivity (Wildman–Crippen MR) is 161 cm³/mol. The number of nitrogens with zero attached hydrogens (tertiary/aromatic N) is 6. The van der Waals surface area contributed by atoms with Gasteiger partial charge in [0.05, 0.1) is 60.2 Å². The number of ether oxygens (including phenoxy) is 2. The molecule has 4 aromatic rings. The third-order valence-electron chi connectivity index (χ3n) is 8.40. The number of rotatable bonds is 9. The van der Waals surface area contributed by atoms with Crippen molar-refractivity contribution >= 4 is 40.1 Å². The molecule has 11 nitrogen and oxygen atoms in total. The van der Waals surface area contributed by atoms with E-state index in [1.807, 2.05) is 0 Å². The quantitative estimate of drug-likeness (QED) is 0.291. The molecule has 45 heavy (non-hydrogen) atoms. The Kier molecular flexibility index (Phi) is 7.62.